The SMILES string of the molecule is CC(O)CN(C)c1cc(=O)n(C)c(=O)[nH]1. The molecule has 1 rings (SSSR count). The van der Waals surface area contributed by atoms with Crippen LogP contribution in [0.4, 0.5) is 5.82 Å². The minimum absolute atomic E-state index is 0.350. The Balaban J connectivity index is 3.06. The Hall–Kier alpha value is -1.56. The summed E-state index contributed by atoms with van der Waals surface area (Å²) in [6.45, 7) is 1.98. The maximum absolute atomic E-state index is 11.3. The van der Waals surface area contributed by atoms with Crippen LogP contribution in [-0.2, 0) is 7.05 Å². The van der Waals surface area contributed by atoms with E-state index in [0.29, 0.717) is 12.4 Å². The van der Waals surface area contributed by atoms with Crippen LogP contribution in [0.1, 0.15) is 6.92 Å². The van der Waals surface area contributed by atoms with Gasteiger partial charge in [-0.1, -0.05) is 0 Å². The third-order valence-electron chi connectivity index (χ3n) is 2.08. The molecule has 0 saturated carbocycles. The molecule has 2 N–H and O–H groups in total. The van der Waals surface area contributed by atoms with Crippen LogP contribution in [0.25, 0.3) is 0 Å². The number of rotatable bonds is 3. The van der Waals surface area contributed by atoms with E-state index in [1.165, 1.54) is 13.1 Å². The molecule has 0 bridgehead atoms. The zero-order valence-electron chi connectivity index (χ0n) is 9.02. The highest BCUT2D eigenvalue weighted by Crippen LogP contribution is 2.02. The van der Waals surface area contributed by atoms with Crippen LogP contribution in [0.5, 0.6) is 0 Å². The first-order chi connectivity index (χ1) is 6.91. The molecular formula is C9H15N3O3. The predicted octanol–water partition coefficient (Wildman–Crippen LogP) is -1.11. The highest BCUT2D eigenvalue weighted by molar-refractivity contribution is 5.35. The van der Waals surface area contributed by atoms with Crippen molar-refractivity contribution in [1.29, 1.82) is 0 Å². The fourth-order valence-corrected chi connectivity index (χ4v) is 1.24. The van der Waals surface area contributed by atoms with E-state index in [-0.39, 0.29) is 5.56 Å². The molecule has 0 aromatic carbocycles. The second kappa shape index (κ2) is 4.31. The van der Waals surface area contributed by atoms with Crippen LogP contribution in [0.3, 0.4) is 0 Å². The first-order valence-electron chi connectivity index (χ1n) is 4.61. The van der Waals surface area contributed by atoms with Crippen molar-refractivity contribution in [2.24, 2.45) is 7.05 Å². The number of aromatic nitrogens is 2. The van der Waals surface area contributed by atoms with E-state index < -0.39 is 11.8 Å². The van der Waals surface area contributed by atoms with Crippen LogP contribution < -0.4 is 16.1 Å². The van der Waals surface area contributed by atoms with Gasteiger partial charge in [0.2, 0.25) is 0 Å². The third-order valence-corrected chi connectivity index (χ3v) is 2.08. The number of aromatic amines is 1. The van der Waals surface area contributed by atoms with Gasteiger partial charge in [-0.2, -0.15) is 0 Å². The van der Waals surface area contributed by atoms with Crippen LogP contribution in [0, 0.1) is 0 Å². The minimum Gasteiger partial charge on any atom is -0.392 e. The van der Waals surface area contributed by atoms with Gasteiger partial charge in [-0.05, 0) is 6.92 Å². The monoisotopic (exact) mass is 213 g/mol. The number of H-pyrrole nitrogens is 1. The van der Waals surface area contributed by atoms with E-state index >= 15 is 0 Å². The van der Waals surface area contributed by atoms with E-state index in [1.807, 2.05) is 0 Å². The molecule has 1 aromatic heterocycles. The first kappa shape index (κ1) is 11.5. The van der Waals surface area contributed by atoms with Gasteiger partial charge in [-0.15, -0.1) is 0 Å². The molecule has 6 nitrogen and oxygen atoms in total. The first-order valence-corrected chi connectivity index (χ1v) is 4.61. The van der Waals surface area contributed by atoms with Crippen molar-refractivity contribution in [2.75, 3.05) is 18.5 Å². The van der Waals surface area contributed by atoms with E-state index in [1.54, 1.807) is 18.9 Å². The van der Waals surface area contributed by atoms with Crippen molar-refractivity contribution in [3.63, 3.8) is 0 Å². The minimum atomic E-state index is -0.525. The average molecular weight is 213 g/mol. The standard InChI is InChI=1S/C9H15N3O3/c1-6(13)5-11(2)7-4-8(14)12(3)9(15)10-7/h4,6,13H,5H2,1-3H3,(H,10,15). The molecule has 1 unspecified atom stereocenters. The van der Waals surface area contributed by atoms with Crippen molar-refractivity contribution in [2.45, 2.75) is 13.0 Å². The Morgan fingerprint density at radius 1 is 1.60 bits per heavy atom. The lowest BCUT2D eigenvalue weighted by Crippen LogP contribution is -2.36. The van der Waals surface area contributed by atoms with Crippen molar-refractivity contribution in [3.8, 4) is 0 Å². The Morgan fingerprint density at radius 3 is 2.67 bits per heavy atom. The Bertz CT molecular complexity index is 415. The lowest BCUT2D eigenvalue weighted by atomic mass is 10.3. The second-order valence-electron chi connectivity index (χ2n) is 3.59. The second-order valence-corrected chi connectivity index (χ2v) is 3.59. The molecule has 15 heavy (non-hydrogen) atoms. The molecule has 6 heteroatoms. The summed E-state index contributed by atoms with van der Waals surface area (Å²) in [4.78, 5) is 26.7. The van der Waals surface area contributed by atoms with Gasteiger partial charge in [0.25, 0.3) is 5.56 Å². The number of hydrogen-bond acceptors (Lipinski definition) is 4. The number of hydrogen-bond donors (Lipinski definition) is 2. The number of nitrogens with zero attached hydrogens (tertiary/aromatic N) is 2. The van der Waals surface area contributed by atoms with Crippen molar-refractivity contribution in [3.05, 3.63) is 26.9 Å². The molecule has 1 atom stereocenters. The molecule has 84 valence electrons. The quantitative estimate of drug-likeness (QED) is 0.667. The maximum Gasteiger partial charge on any atom is 0.329 e. The third kappa shape index (κ3) is 2.69. The fraction of sp³-hybridized carbons (Fsp3) is 0.556. The van der Waals surface area contributed by atoms with Gasteiger partial charge in [0.15, 0.2) is 0 Å². The normalized spacial score (nSPS) is 12.5. The summed E-state index contributed by atoms with van der Waals surface area (Å²) in [5.41, 5.74) is -0.832. The van der Waals surface area contributed by atoms with Crippen molar-refractivity contribution in [1.82, 2.24) is 9.55 Å². The number of likely N-dealkylation sites (N-methyl/N-ethyl adjacent to an activating group) is 1. The van der Waals surface area contributed by atoms with Gasteiger partial charge in [0, 0.05) is 26.7 Å². The van der Waals surface area contributed by atoms with Gasteiger partial charge >= 0.3 is 5.69 Å². The summed E-state index contributed by atoms with van der Waals surface area (Å²) in [5, 5.41) is 9.16. The Morgan fingerprint density at radius 2 is 2.20 bits per heavy atom. The van der Waals surface area contributed by atoms with E-state index in [2.05, 4.69) is 4.98 Å². The van der Waals surface area contributed by atoms with Crippen molar-refractivity contribution >= 4 is 5.82 Å². The average Bonchev–Trinajstić information content (AvgIpc) is 2.12. The van der Waals surface area contributed by atoms with Crippen LogP contribution in [0.15, 0.2) is 15.7 Å². The molecular weight excluding hydrogens is 198 g/mol. The molecule has 0 aliphatic heterocycles. The molecule has 0 amide bonds. The number of aliphatic hydroxyl groups excluding tert-OH is 1. The Kier molecular flexibility index (Phi) is 3.31. The molecule has 0 fully saturated rings. The summed E-state index contributed by atoms with van der Waals surface area (Å²) < 4.78 is 0.986. The van der Waals surface area contributed by atoms with E-state index in [0.717, 1.165) is 4.57 Å². The van der Waals surface area contributed by atoms with E-state index in [4.69, 9.17) is 5.11 Å². The Labute approximate surface area is 86.8 Å². The fourth-order valence-electron chi connectivity index (χ4n) is 1.24. The molecule has 0 aliphatic rings. The number of anilines is 1. The lowest BCUT2D eigenvalue weighted by molar-refractivity contribution is 0.201. The molecule has 0 spiro atoms. The summed E-state index contributed by atoms with van der Waals surface area (Å²) in [6, 6.07) is 1.32. The van der Waals surface area contributed by atoms with Gasteiger partial charge < -0.3 is 10.0 Å². The lowest BCUT2D eigenvalue weighted by Gasteiger charge is -2.19. The molecule has 0 aliphatic carbocycles. The largest absolute Gasteiger partial charge is 0.392 e. The topological polar surface area (TPSA) is 78.3 Å². The zero-order chi connectivity index (χ0) is 11.6. The number of nitrogens with one attached hydrogen (secondary N) is 1. The molecule has 1 aromatic rings. The summed E-state index contributed by atoms with van der Waals surface area (Å²) in [7, 11) is 3.09. The number of aliphatic hydroxyl groups is 1. The van der Waals surface area contributed by atoms with Gasteiger partial charge in [0.1, 0.15) is 5.82 Å². The van der Waals surface area contributed by atoms with Crippen LogP contribution in [-0.4, -0.2) is 34.4 Å². The van der Waals surface area contributed by atoms with Crippen LogP contribution >= 0.6 is 0 Å². The van der Waals surface area contributed by atoms with Gasteiger partial charge in [-0.3, -0.25) is 14.3 Å². The molecule has 0 saturated heterocycles. The smallest absolute Gasteiger partial charge is 0.329 e. The van der Waals surface area contributed by atoms with E-state index in [9.17, 15) is 9.59 Å². The molecule has 0 radical (unpaired) electrons. The zero-order valence-corrected chi connectivity index (χ0v) is 9.02. The summed E-state index contributed by atoms with van der Waals surface area (Å²) >= 11 is 0. The van der Waals surface area contributed by atoms with Gasteiger partial charge in [0.05, 0.1) is 6.10 Å². The predicted molar refractivity (Wildman–Crippen MR) is 57.3 cm³/mol. The van der Waals surface area contributed by atoms with Gasteiger partial charge in [-0.25, -0.2) is 4.79 Å². The van der Waals surface area contributed by atoms with Crippen molar-refractivity contribution < 1.29 is 5.11 Å². The highest BCUT2D eigenvalue weighted by Gasteiger charge is 2.07. The van der Waals surface area contributed by atoms with Crippen LogP contribution in [0.2, 0.25) is 0 Å². The maximum atomic E-state index is 11.3. The molecule has 1 heterocycles. The highest BCUT2D eigenvalue weighted by atomic mass is 16.3. The summed E-state index contributed by atoms with van der Waals surface area (Å²) in [6.07, 6.45) is -0.525. The summed E-state index contributed by atoms with van der Waals surface area (Å²) in [5.74, 6) is 0.406.